The van der Waals surface area contributed by atoms with Crippen molar-refractivity contribution in [2.45, 2.75) is 52.2 Å². The number of benzene rings is 1. The summed E-state index contributed by atoms with van der Waals surface area (Å²) < 4.78 is 5.66. The van der Waals surface area contributed by atoms with E-state index in [1.807, 2.05) is 0 Å². The molecule has 0 heterocycles. The Bertz CT molecular complexity index is 564. The number of hydrogen-bond acceptors (Lipinski definition) is 3. The molecular weight excluding hydrogens is 276 g/mol. The second kappa shape index (κ2) is 7.31. The highest BCUT2D eigenvalue weighted by atomic mass is 16.5. The molecule has 1 N–H and O–H groups in total. The number of carbonyl (C=O) groups is 1. The molecule has 1 aliphatic carbocycles. The molecule has 4 heteroatoms. The SMILES string of the molecule is C[C@H]1[C@@H](NC(=O)[C@@H](C)Oc2cccc(C#N)c2)CCC[C@@H]1C. The topological polar surface area (TPSA) is 62.1 Å². The highest BCUT2D eigenvalue weighted by Crippen LogP contribution is 2.29. The van der Waals surface area contributed by atoms with Gasteiger partial charge in [-0.2, -0.15) is 5.26 Å². The minimum absolute atomic E-state index is 0.0895. The Morgan fingerprint density at radius 2 is 2.18 bits per heavy atom. The quantitative estimate of drug-likeness (QED) is 0.928. The average Bonchev–Trinajstić information content (AvgIpc) is 2.52. The molecule has 4 atom stereocenters. The van der Waals surface area contributed by atoms with Crippen LogP contribution in [0, 0.1) is 23.2 Å². The molecule has 0 bridgehead atoms. The van der Waals surface area contributed by atoms with Gasteiger partial charge in [-0.05, 0) is 43.4 Å². The summed E-state index contributed by atoms with van der Waals surface area (Å²) in [5, 5.41) is 12.0. The maximum Gasteiger partial charge on any atom is 0.261 e. The normalized spacial score (nSPS) is 25.8. The number of carbonyl (C=O) groups excluding carboxylic acids is 1. The van der Waals surface area contributed by atoms with E-state index in [1.54, 1.807) is 31.2 Å². The van der Waals surface area contributed by atoms with E-state index >= 15 is 0 Å². The molecule has 0 aliphatic heterocycles. The summed E-state index contributed by atoms with van der Waals surface area (Å²) in [7, 11) is 0. The molecule has 0 radical (unpaired) electrons. The van der Waals surface area contributed by atoms with Gasteiger partial charge < -0.3 is 10.1 Å². The van der Waals surface area contributed by atoms with Crippen LogP contribution in [0.1, 0.15) is 45.6 Å². The smallest absolute Gasteiger partial charge is 0.261 e. The summed E-state index contributed by atoms with van der Waals surface area (Å²) in [6, 6.07) is 9.17. The molecule has 118 valence electrons. The van der Waals surface area contributed by atoms with Gasteiger partial charge in [0.05, 0.1) is 11.6 Å². The first-order valence-corrected chi connectivity index (χ1v) is 7.98. The second-order valence-corrected chi connectivity index (χ2v) is 6.28. The Morgan fingerprint density at radius 3 is 2.91 bits per heavy atom. The third-order valence-electron chi connectivity index (χ3n) is 4.68. The molecule has 1 aromatic carbocycles. The van der Waals surface area contributed by atoms with Gasteiger partial charge in [0.1, 0.15) is 5.75 Å². The van der Waals surface area contributed by atoms with Crippen molar-refractivity contribution < 1.29 is 9.53 Å². The van der Waals surface area contributed by atoms with Gasteiger partial charge in [-0.25, -0.2) is 0 Å². The van der Waals surface area contributed by atoms with Crippen LogP contribution in [0.15, 0.2) is 24.3 Å². The van der Waals surface area contributed by atoms with Gasteiger partial charge in [0.15, 0.2) is 6.10 Å². The number of amides is 1. The monoisotopic (exact) mass is 300 g/mol. The molecule has 0 spiro atoms. The zero-order valence-electron chi connectivity index (χ0n) is 13.5. The van der Waals surface area contributed by atoms with Crippen LogP contribution in [0.4, 0.5) is 0 Å². The number of nitrogens with one attached hydrogen (secondary N) is 1. The van der Waals surface area contributed by atoms with Gasteiger partial charge in [0.25, 0.3) is 5.91 Å². The Kier molecular flexibility index (Phi) is 5.43. The number of nitrogens with zero attached hydrogens (tertiary/aromatic N) is 1. The van der Waals surface area contributed by atoms with Crippen molar-refractivity contribution in [2.24, 2.45) is 11.8 Å². The maximum absolute atomic E-state index is 12.3. The summed E-state index contributed by atoms with van der Waals surface area (Å²) in [6.07, 6.45) is 2.86. The van der Waals surface area contributed by atoms with E-state index < -0.39 is 6.10 Å². The molecule has 1 aromatic rings. The van der Waals surface area contributed by atoms with Crippen molar-refractivity contribution in [1.29, 1.82) is 5.26 Å². The van der Waals surface area contributed by atoms with Crippen molar-refractivity contribution in [3.05, 3.63) is 29.8 Å². The van der Waals surface area contributed by atoms with Gasteiger partial charge in [-0.15, -0.1) is 0 Å². The van der Waals surface area contributed by atoms with Crippen LogP contribution in [0.2, 0.25) is 0 Å². The van der Waals surface area contributed by atoms with Gasteiger partial charge in [0, 0.05) is 6.04 Å². The highest BCUT2D eigenvalue weighted by Gasteiger charge is 2.29. The first-order valence-electron chi connectivity index (χ1n) is 7.98. The number of ether oxygens (including phenoxy) is 1. The van der Waals surface area contributed by atoms with Gasteiger partial charge in [0.2, 0.25) is 0 Å². The number of nitriles is 1. The first kappa shape index (κ1) is 16.4. The Hall–Kier alpha value is -2.02. The van der Waals surface area contributed by atoms with E-state index in [2.05, 4.69) is 25.2 Å². The minimum atomic E-state index is -0.571. The van der Waals surface area contributed by atoms with E-state index in [-0.39, 0.29) is 11.9 Å². The Balaban J connectivity index is 1.93. The van der Waals surface area contributed by atoms with E-state index in [0.717, 1.165) is 12.8 Å². The number of rotatable bonds is 4. The predicted octanol–water partition coefficient (Wildman–Crippen LogP) is 3.27. The standard InChI is InChI=1S/C18H24N2O2/c1-12-6-4-9-17(13(12)2)20-18(21)14(3)22-16-8-5-7-15(10-16)11-19/h5,7-8,10,12-14,17H,4,6,9H2,1-3H3,(H,20,21)/t12-,13+,14+,17-/m0/s1. The summed E-state index contributed by atoms with van der Waals surface area (Å²) in [6.45, 7) is 6.19. The maximum atomic E-state index is 12.3. The van der Waals surface area contributed by atoms with Gasteiger partial charge >= 0.3 is 0 Å². The second-order valence-electron chi connectivity index (χ2n) is 6.28. The lowest BCUT2D eigenvalue weighted by atomic mass is 9.78. The fourth-order valence-electron chi connectivity index (χ4n) is 2.98. The van der Waals surface area contributed by atoms with Crippen molar-refractivity contribution in [3.63, 3.8) is 0 Å². The van der Waals surface area contributed by atoms with Crippen molar-refractivity contribution in [1.82, 2.24) is 5.32 Å². The van der Waals surface area contributed by atoms with Crippen molar-refractivity contribution >= 4 is 5.91 Å². The highest BCUT2D eigenvalue weighted by molar-refractivity contribution is 5.81. The molecule has 4 nitrogen and oxygen atoms in total. The van der Waals surface area contributed by atoms with E-state index in [1.165, 1.54) is 6.42 Å². The summed E-state index contributed by atoms with van der Waals surface area (Å²) in [5.74, 6) is 1.59. The molecule has 22 heavy (non-hydrogen) atoms. The average molecular weight is 300 g/mol. The largest absolute Gasteiger partial charge is 0.481 e. The zero-order chi connectivity index (χ0) is 16.1. The summed E-state index contributed by atoms with van der Waals surface area (Å²) in [4.78, 5) is 12.3. The van der Waals surface area contributed by atoms with Crippen LogP contribution in [-0.2, 0) is 4.79 Å². The molecule has 2 rings (SSSR count). The molecule has 1 amide bonds. The lowest BCUT2D eigenvalue weighted by Crippen LogP contribution is -2.48. The lowest BCUT2D eigenvalue weighted by molar-refractivity contribution is -0.128. The van der Waals surface area contributed by atoms with Crippen molar-refractivity contribution in [3.8, 4) is 11.8 Å². The lowest BCUT2D eigenvalue weighted by Gasteiger charge is -2.35. The van der Waals surface area contributed by atoms with E-state index in [9.17, 15) is 4.79 Å². The molecule has 0 saturated heterocycles. The minimum Gasteiger partial charge on any atom is -0.481 e. The summed E-state index contributed by atoms with van der Waals surface area (Å²) in [5.41, 5.74) is 0.528. The first-order chi connectivity index (χ1) is 10.5. The molecule has 0 aromatic heterocycles. The fourth-order valence-corrected chi connectivity index (χ4v) is 2.98. The third kappa shape index (κ3) is 4.00. The Morgan fingerprint density at radius 1 is 1.41 bits per heavy atom. The van der Waals surface area contributed by atoms with Crippen LogP contribution in [0.25, 0.3) is 0 Å². The van der Waals surface area contributed by atoms with Crippen LogP contribution in [-0.4, -0.2) is 18.1 Å². The molecule has 0 unspecified atom stereocenters. The van der Waals surface area contributed by atoms with Crippen LogP contribution < -0.4 is 10.1 Å². The predicted molar refractivity (Wildman–Crippen MR) is 85.4 cm³/mol. The molecular formula is C18H24N2O2. The fraction of sp³-hybridized carbons (Fsp3) is 0.556. The Labute approximate surface area is 132 Å². The third-order valence-corrected chi connectivity index (χ3v) is 4.68. The molecule has 1 aliphatic rings. The van der Waals surface area contributed by atoms with Gasteiger partial charge in [-0.1, -0.05) is 32.8 Å². The summed E-state index contributed by atoms with van der Waals surface area (Å²) >= 11 is 0. The van der Waals surface area contributed by atoms with Crippen LogP contribution in [0.5, 0.6) is 5.75 Å². The number of hydrogen-bond donors (Lipinski definition) is 1. The molecule has 1 fully saturated rings. The van der Waals surface area contributed by atoms with E-state index in [4.69, 9.17) is 10.00 Å². The molecule has 1 saturated carbocycles. The van der Waals surface area contributed by atoms with Crippen LogP contribution in [0.3, 0.4) is 0 Å². The van der Waals surface area contributed by atoms with E-state index in [0.29, 0.717) is 23.1 Å². The van der Waals surface area contributed by atoms with Crippen LogP contribution >= 0.6 is 0 Å². The zero-order valence-corrected chi connectivity index (χ0v) is 13.5. The van der Waals surface area contributed by atoms with Gasteiger partial charge in [-0.3, -0.25) is 4.79 Å². The van der Waals surface area contributed by atoms with Crippen molar-refractivity contribution in [2.75, 3.05) is 0 Å².